The maximum Gasteiger partial charge on any atom is 0.335 e. The fourth-order valence-electron chi connectivity index (χ4n) is 3.73. The number of rotatable bonds is 7. The van der Waals surface area contributed by atoms with Crippen molar-refractivity contribution in [2.75, 3.05) is 23.9 Å². The van der Waals surface area contributed by atoms with Gasteiger partial charge in [-0.2, -0.15) is 0 Å². The van der Waals surface area contributed by atoms with Crippen LogP contribution >= 0.6 is 0 Å². The van der Waals surface area contributed by atoms with Crippen molar-refractivity contribution < 1.29 is 28.7 Å². The monoisotopic (exact) mass is 499 g/mol. The average molecular weight is 500 g/mol. The lowest BCUT2D eigenvalue weighted by molar-refractivity contribution is -0.122. The minimum Gasteiger partial charge on any atom is -0.493 e. The molecule has 5 amide bonds. The van der Waals surface area contributed by atoms with Crippen LogP contribution in [0.25, 0.3) is 6.08 Å². The first-order valence-corrected chi connectivity index (χ1v) is 11.4. The number of ether oxygens (including phenoxy) is 2. The number of benzene rings is 3. The molecule has 3 aromatic carbocycles. The fourth-order valence-corrected chi connectivity index (χ4v) is 3.73. The Morgan fingerprint density at radius 2 is 1.73 bits per heavy atom. The lowest BCUT2D eigenvalue weighted by Gasteiger charge is -2.26. The minimum atomic E-state index is -0.821. The second-order valence-corrected chi connectivity index (χ2v) is 8.36. The third-order valence-corrected chi connectivity index (χ3v) is 5.64. The summed E-state index contributed by atoms with van der Waals surface area (Å²) in [7, 11) is 1.43. The minimum absolute atomic E-state index is 0.216. The van der Waals surface area contributed by atoms with Crippen LogP contribution in [0.15, 0.2) is 72.3 Å². The van der Waals surface area contributed by atoms with Crippen LogP contribution in [0.5, 0.6) is 11.5 Å². The van der Waals surface area contributed by atoms with Gasteiger partial charge in [0.05, 0.1) is 12.8 Å². The number of para-hydroxylation sites is 1. The summed E-state index contributed by atoms with van der Waals surface area (Å²) in [5.74, 6) is -1.28. The third kappa shape index (κ3) is 5.67. The van der Waals surface area contributed by atoms with Crippen LogP contribution in [-0.4, -0.2) is 37.5 Å². The van der Waals surface area contributed by atoms with Gasteiger partial charge >= 0.3 is 6.03 Å². The lowest BCUT2D eigenvalue weighted by atomic mass is 10.1. The second kappa shape index (κ2) is 10.8. The van der Waals surface area contributed by atoms with Gasteiger partial charge in [-0.15, -0.1) is 0 Å². The molecular formula is C28H25N3O6. The van der Waals surface area contributed by atoms with Gasteiger partial charge in [0.2, 0.25) is 0 Å². The molecule has 1 aliphatic heterocycles. The van der Waals surface area contributed by atoms with Crippen LogP contribution in [0.1, 0.15) is 16.7 Å². The molecule has 1 aliphatic rings. The van der Waals surface area contributed by atoms with Crippen LogP contribution in [0.3, 0.4) is 0 Å². The van der Waals surface area contributed by atoms with Crippen LogP contribution in [0.4, 0.5) is 16.2 Å². The molecule has 0 atom stereocenters. The number of imide groups is 2. The van der Waals surface area contributed by atoms with Crippen molar-refractivity contribution in [3.63, 3.8) is 0 Å². The van der Waals surface area contributed by atoms with Crippen molar-refractivity contribution in [1.29, 1.82) is 0 Å². The van der Waals surface area contributed by atoms with E-state index in [-0.39, 0.29) is 18.1 Å². The highest BCUT2D eigenvalue weighted by molar-refractivity contribution is 6.39. The molecule has 0 radical (unpaired) electrons. The molecule has 1 fully saturated rings. The van der Waals surface area contributed by atoms with Gasteiger partial charge in [0.15, 0.2) is 18.1 Å². The predicted octanol–water partition coefficient (Wildman–Crippen LogP) is 4.00. The van der Waals surface area contributed by atoms with Gasteiger partial charge in [-0.3, -0.25) is 19.7 Å². The zero-order valence-electron chi connectivity index (χ0n) is 20.5. The molecule has 0 saturated carbocycles. The van der Waals surface area contributed by atoms with Crippen LogP contribution in [-0.2, 0) is 14.4 Å². The third-order valence-electron chi connectivity index (χ3n) is 5.64. The van der Waals surface area contributed by atoms with Crippen molar-refractivity contribution in [3.8, 4) is 11.5 Å². The zero-order valence-corrected chi connectivity index (χ0v) is 20.5. The summed E-state index contributed by atoms with van der Waals surface area (Å²) in [4.78, 5) is 51.1. The zero-order chi connectivity index (χ0) is 26.5. The summed E-state index contributed by atoms with van der Waals surface area (Å²) < 4.78 is 11.0. The van der Waals surface area contributed by atoms with Crippen molar-refractivity contribution in [1.82, 2.24) is 5.32 Å². The summed E-state index contributed by atoms with van der Waals surface area (Å²) in [6.07, 6.45) is 1.36. The first-order chi connectivity index (χ1) is 17.8. The van der Waals surface area contributed by atoms with E-state index in [4.69, 9.17) is 9.47 Å². The van der Waals surface area contributed by atoms with Crippen molar-refractivity contribution >= 4 is 41.2 Å². The Balaban J connectivity index is 1.50. The van der Waals surface area contributed by atoms with E-state index in [1.54, 1.807) is 48.5 Å². The number of barbiturate groups is 1. The fraction of sp³-hybridized carbons (Fsp3) is 0.143. The highest BCUT2D eigenvalue weighted by Crippen LogP contribution is 2.30. The summed E-state index contributed by atoms with van der Waals surface area (Å²) in [6, 6.07) is 18.0. The molecular weight excluding hydrogens is 474 g/mol. The Labute approximate surface area is 213 Å². The molecule has 9 nitrogen and oxygen atoms in total. The number of anilines is 2. The molecule has 3 aromatic rings. The average Bonchev–Trinajstić information content (AvgIpc) is 2.88. The Hall–Kier alpha value is -4.92. The number of hydrogen-bond acceptors (Lipinski definition) is 6. The summed E-state index contributed by atoms with van der Waals surface area (Å²) in [5, 5.41) is 5.01. The number of carbonyl (C=O) groups excluding carboxylic acids is 4. The van der Waals surface area contributed by atoms with Crippen molar-refractivity contribution in [2.24, 2.45) is 0 Å². The summed E-state index contributed by atoms with van der Waals surface area (Å²) in [5.41, 5.74) is 3.25. The molecule has 2 N–H and O–H groups in total. The molecule has 0 bridgehead atoms. The number of hydrogen-bond donors (Lipinski definition) is 2. The van der Waals surface area contributed by atoms with Crippen LogP contribution in [0.2, 0.25) is 0 Å². The Kier molecular flexibility index (Phi) is 7.34. The lowest BCUT2D eigenvalue weighted by Crippen LogP contribution is -2.54. The van der Waals surface area contributed by atoms with Crippen molar-refractivity contribution in [2.45, 2.75) is 13.8 Å². The van der Waals surface area contributed by atoms with E-state index in [9.17, 15) is 19.2 Å². The molecule has 4 rings (SSSR count). The number of nitrogens with zero attached hydrogens (tertiary/aromatic N) is 1. The summed E-state index contributed by atoms with van der Waals surface area (Å²) in [6.45, 7) is 3.59. The van der Waals surface area contributed by atoms with Gasteiger partial charge in [-0.25, -0.2) is 9.69 Å². The molecule has 188 valence electrons. The SMILES string of the molecule is COc1cc(/C=C2/C(=O)NC(=O)N(c3ccccc3)C2=O)ccc1OCC(=O)Nc1cc(C)ccc1C. The van der Waals surface area contributed by atoms with E-state index >= 15 is 0 Å². The number of aryl methyl sites for hydroxylation is 2. The molecule has 0 unspecified atom stereocenters. The number of nitrogens with one attached hydrogen (secondary N) is 2. The highest BCUT2D eigenvalue weighted by atomic mass is 16.5. The number of carbonyl (C=O) groups is 4. The first-order valence-electron chi connectivity index (χ1n) is 11.4. The van der Waals surface area contributed by atoms with Crippen LogP contribution in [0, 0.1) is 13.8 Å². The number of methoxy groups -OCH3 is 1. The van der Waals surface area contributed by atoms with E-state index in [1.165, 1.54) is 13.2 Å². The quantitative estimate of drug-likeness (QED) is 0.375. The molecule has 9 heteroatoms. The van der Waals surface area contributed by atoms with Gasteiger partial charge in [-0.05, 0) is 66.9 Å². The Bertz CT molecular complexity index is 1410. The van der Waals surface area contributed by atoms with Gasteiger partial charge < -0.3 is 14.8 Å². The molecule has 1 saturated heterocycles. The van der Waals surface area contributed by atoms with Crippen LogP contribution < -0.4 is 25.0 Å². The number of urea groups is 1. The molecule has 1 heterocycles. The summed E-state index contributed by atoms with van der Waals surface area (Å²) >= 11 is 0. The van der Waals surface area contributed by atoms with E-state index in [1.807, 2.05) is 32.0 Å². The normalized spacial score (nSPS) is 14.4. The van der Waals surface area contributed by atoms with Gasteiger partial charge in [0.1, 0.15) is 5.57 Å². The standard InChI is InChI=1S/C28H25N3O6/c1-17-9-10-18(2)22(13-17)29-25(32)16-37-23-12-11-19(15-24(23)36-3)14-21-26(33)30-28(35)31(27(21)34)20-7-5-4-6-8-20/h4-15H,16H2,1-3H3,(H,29,32)(H,30,33,35)/b21-14-. The molecule has 0 aromatic heterocycles. The van der Waals surface area contributed by atoms with Crippen molar-refractivity contribution in [3.05, 3.63) is 89.0 Å². The van der Waals surface area contributed by atoms with Gasteiger partial charge in [0, 0.05) is 5.69 Å². The molecule has 0 spiro atoms. The van der Waals surface area contributed by atoms with Gasteiger partial charge in [-0.1, -0.05) is 36.4 Å². The Morgan fingerprint density at radius 3 is 2.46 bits per heavy atom. The van der Waals surface area contributed by atoms with E-state index in [0.29, 0.717) is 28.4 Å². The van der Waals surface area contributed by atoms with E-state index in [0.717, 1.165) is 16.0 Å². The molecule has 0 aliphatic carbocycles. The predicted molar refractivity (Wildman–Crippen MR) is 138 cm³/mol. The van der Waals surface area contributed by atoms with Gasteiger partial charge in [0.25, 0.3) is 17.7 Å². The molecule has 37 heavy (non-hydrogen) atoms. The first kappa shape index (κ1) is 25.2. The van der Waals surface area contributed by atoms with E-state index < -0.39 is 17.8 Å². The maximum atomic E-state index is 13.0. The smallest absolute Gasteiger partial charge is 0.335 e. The topological polar surface area (TPSA) is 114 Å². The number of amides is 5. The van der Waals surface area contributed by atoms with E-state index in [2.05, 4.69) is 10.6 Å². The largest absolute Gasteiger partial charge is 0.493 e. The second-order valence-electron chi connectivity index (χ2n) is 8.36. The highest BCUT2D eigenvalue weighted by Gasteiger charge is 2.36. The Morgan fingerprint density at radius 1 is 0.973 bits per heavy atom. The maximum absolute atomic E-state index is 13.0.